The summed E-state index contributed by atoms with van der Waals surface area (Å²) in [4.78, 5) is 2.40. The van der Waals surface area contributed by atoms with E-state index in [4.69, 9.17) is 15.2 Å². The predicted octanol–water partition coefficient (Wildman–Crippen LogP) is 1.18. The first-order valence-electron chi connectivity index (χ1n) is 6.51. The van der Waals surface area contributed by atoms with Crippen molar-refractivity contribution in [3.05, 3.63) is 24.3 Å². The molecule has 0 spiro atoms. The van der Waals surface area contributed by atoms with Gasteiger partial charge in [-0.25, -0.2) is 0 Å². The third kappa shape index (κ3) is 5.78. The molecule has 0 aliphatic carbocycles. The van der Waals surface area contributed by atoms with E-state index in [1.807, 2.05) is 12.2 Å². The molecule has 18 heavy (non-hydrogen) atoms. The number of methoxy groups -OCH3 is 2. The van der Waals surface area contributed by atoms with Crippen LogP contribution in [-0.4, -0.2) is 57.5 Å². The Hall–Kier alpha value is -0.680. The molecule has 4 heteroatoms. The van der Waals surface area contributed by atoms with Crippen LogP contribution >= 0.6 is 0 Å². The summed E-state index contributed by atoms with van der Waals surface area (Å²) in [6.07, 6.45) is 6.20. The first-order chi connectivity index (χ1) is 8.65. The molecule has 0 saturated carbocycles. The smallest absolute Gasteiger partial charge is 0.0988 e. The Kier molecular flexibility index (Phi) is 7.20. The van der Waals surface area contributed by atoms with Crippen LogP contribution in [0.5, 0.6) is 0 Å². The van der Waals surface area contributed by atoms with Crippen LogP contribution in [0.2, 0.25) is 0 Å². The van der Waals surface area contributed by atoms with Gasteiger partial charge in [-0.15, -0.1) is 0 Å². The molecular formula is C14H26N2O2. The normalized spacial score (nSPS) is 20.4. The molecule has 1 rings (SSSR count). The van der Waals surface area contributed by atoms with Crippen molar-refractivity contribution < 1.29 is 9.47 Å². The number of nitrogens with zero attached hydrogens (tertiary/aromatic N) is 1. The van der Waals surface area contributed by atoms with Crippen molar-refractivity contribution in [3.63, 3.8) is 0 Å². The predicted molar refractivity (Wildman–Crippen MR) is 74.6 cm³/mol. The number of hydrogen-bond donors (Lipinski definition) is 1. The zero-order valence-electron chi connectivity index (χ0n) is 11.6. The van der Waals surface area contributed by atoms with E-state index >= 15 is 0 Å². The van der Waals surface area contributed by atoms with E-state index in [1.54, 1.807) is 14.2 Å². The molecule has 0 aromatic heterocycles. The molecule has 0 amide bonds. The zero-order valence-corrected chi connectivity index (χ0v) is 11.6. The molecule has 104 valence electrons. The number of hydrogen-bond acceptors (Lipinski definition) is 4. The summed E-state index contributed by atoms with van der Waals surface area (Å²) < 4.78 is 10.3. The molecule has 2 N–H and O–H groups in total. The van der Waals surface area contributed by atoms with Gasteiger partial charge >= 0.3 is 0 Å². The lowest BCUT2D eigenvalue weighted by Crippen LogP contribution is -2.40. The van der Waals surface area contributed by atoms with Gasteiger partial charge in [-0.1, -0.05) is 18.7 Å². The number of nitrogens with two attached hydrogens (primary N) is 1. The zero-order chi connectivity index (χ0) is 13.4. The van der Waals surface area contributed by atoms with Crippen molar-refractivity contribution in [3.8, 4) is 0 Å². The molecular weight excluding hydrogens is 228 g/mol. The molecule has 0 aromatic carbocycles. The fourth-order valence-electron chi connectivity index (χ4n) is 2.06. The molecule has 1 heterocycles. The fourth-order valence-corrected chi connectivity index (χ4v) is 2.06. The Morgan fingerprint density at radius 1 is 1.44 bits per heavy atom. The van der Waals surface area contributed by atoms with Gasteiger partial charge in [-0.05, 0) is 31.5 Å². The number of rotatable bonds is 7. The number of ether oxygens (including phenoxy) is 2. The maximum absolute atomic E-state index is 5.88. The fraction of sp³-hybridized carbons (Fsp3) is 0.714. The second kappa shape index (κ2) is 8.43. The topological polar surface area (TPSA) is 47.7 Å². The highest BCUT2D eigenvalue weighted by Crippen LogP contribution is 2.10. The molecule has 1 unspecified atom stereocenters. The van der Waals surface area contributed by atoms with Gasteiger partial charge in [0.25, 0.3) is 0 Å². The van der Waals surface area contributed by atoms with E-state index in [-0.39, 0.29) is 6.10 Å². The standard InChI is InChI=1S/C14H26N2O2/c1-12(4-5-14(18-3)11-17-2)10-16-8-6-13(15)7-9-16/h4-5,13-14H,1,6-11,15H2,2-3H3/b5-4+. The quantitative estimate of drug-likeness (QED) is 0.693. The summed E-state index contributed by atoms with van der Waals surface area (Å²) in [6.45, 7) is 7.69. The SMILES string of the molecule is C=C(/C=C/C(COC)OC)CN1CCC(N)CC1. The third-order valence-electron chi connectivity index (χ3n) is 3.24. The average molecular weight is 254 g/mol. The van der Waals surface area contributed by atoms with E-state index in [2.05, 4.69) is 11.5 Å². The lowest BCUT2D eigenvalue weighted by atomic mass is 10.1. The van der Waals surface area contributed by atoms with Crippen LogP contribution in [0.25, 0.3) is 0 Å². The maximum Gasteiger partial charge on any atom is 0.0988 e. The van der Waals surface area contributed by atoms with Crippen molar-refractivity contribution in [2.24, 2.45) is 5.73 Å². The minimum absolute atomic E-state index is 0.00141. The molecule has 0 aromatic rings. The number of piperidine rings is 1. The summed E-state index contributed by atoms with van der Waals surface area (Å²) in [6, 6.07) is 0.379. The molecule has 1 fully saturated rings. The van der Waals surface area contributed by atoms with Gasteiger partial charge in [0.15, 0.2) is 0 Å². The van der Waals surface area contributed by atoms with E-state index in [0.717, 1.165) is 38.0 Å². The second-order valence-corrected chi connectivity index (χ2v) is 4.86. The van der Waals surface area contributed by atoms with Gasteiger partial charge in [0.2, 0.25) is 0 Å². The van der Waals surface area contributed by atoms with Gasteiger partial charge in [0.1, 0.15) is 0 Å². The van der Waals surface area contributed by atoms with Gasteiger partial charge in [-0.3, -0.25) is 4.90 Å². The summed E-state index contributed by atoms with van der Waals surface area (Å²) in [5.41, 5.74) is 6.98. The summed E-state index contributed by atoms with van der Waals surface area (Å²) in [7, 11) is 3.36. The van der Waals surface area contributed by atoms with E-state index < -0.39 is 0 Å². The lowest BCUT2D eigenvalue weighted by Gasteiger charge is -2.30. The minimum Gasteiger partial charge on any atom is -0.382 e. The van der Waals surface area contributed by atoms with Crippen molar-refractivity contribution in [1.29, 1.82) is 0 Å². The van der Waals surface area contributed by atoms with Crippen molar-refractivity contribution in [1.82, 2.24) is 4.90 Å². The highest BCUT2D eigenvalue weighted by molar-refractivity contribution is 5.17. The largest absolute Gasteiger partial charge is 0.382 e. The maximum atomic E-state index is 5.88. The van der Waals surface area contributed by atoms with E-state index in [1.165, 1.54) is 0 Å². The van der Waals surface area contributed by atoms with Gasteiger partial charge in [-0.2, -0.15) is 0 Å². The van der Waals surface area contributed by atoms with Gasteiger partial charge in [0, 0.05) is 26.8 Å². The summed E-state index contributed by atoms with van der Waals surface area (Å²) in [5.74, 6) is 0. The summed E-state index contributed by atoms with van der Waals surface area (Å²) >= 11 is 0. The average Bonchev–Trinajstić information content (AvgIpc) is 2.37. The van der Waals surface area contributed by atoms with Crippen LogP contribution in [0, 0.1) is 0 Å². The second-order valence-electron chi connectivity index (χ2n) is 4.86. The Bertz CT molecular complexity index is 271. The van der Waals surface area contributed by atoms with E-state index in [0.29, 0.717) is 12.6 Å². The molecule has 1 saturated heterocycles. The van der Waals surface area contributed by atoms with Crippen molar-refractivity contribution in [2.45, 2.75) is 25.0 Å². The van der Waals surface area contributed by atoms with Crippen LogP contribution in [0.3, 0.4) is 0 Å². The van der Waals surface area contributed by atoms with E-state index in [9.17, 15) is 0 Å². The molecule has 0 radical (unpaired) electrons. The third-order valence-corrected chi connectivity index (χ3v) is 3.24. The molecule has 0 bridgehead atoms. The highest BCUT2D eigenvalue weighted by atomic mass is 16.5. The molecule has 1 atom stereocenters. The Labute approximate surface area is 110 Å². The monoisotopic (exact) mass is 254 g/mol. The van der Waals surface area contributed by atoms with Gasteiger partial charge in [0.05, 0.1) is 12.7 Å². The molecule has 1 aliphatic rings. The highest BCUT2D eigenvalue weighted by Gasteiger charge is 2.15. The van der Waals surface area contributed by atoms with Gasteiger partial charge < -0.3 is 15.2 Å². The van der Waals surface area contributed by atoms with Crippen LogP contribution < -0.4 is 5.73 Å². The first-order valence-corrected chi connectivity index (χ1v) is 6.51. The van der Waals surface area contributed by atoms with Crippen LogP contribution in [0.15, 0.2) is 24.3 Å². The van der Waals surface area contributed by atoms with Crippen LogP contribution in [0.4, 0.5) is 0 Å². The Morgan fingerprint density at radius 3 is 2.67 bits per heavy atom. The first kappa shape index (κ1) is 15.4. The Morgan fingerprint density at radius 2 is 2.11 bits per heavy atom. The molecule has 4 nitrogen and oxygen atoms in total. The molecule has 1 aliphatic heterocycles. The van der Waals surface area contributed by atoms with Crippen molar-refractivity contribution >= 4 is 0 Å². The Balaban J connectivity index is 2.29. The van der Waals surface area contributed by atoms with Crippen LogP contribution in [0.1, 0.15) is 12.8 Å². The number of likely N-dealkylation sites (tertiary alicyclic amines) is 1. The van der Waals surface area contributed by atoms with Crippen LogP contribution in [-0.2, 0) is 9.47 Å². The minimum atomic E-state index is 0.00141. The lowest BCUT2D eigenvalue weighted by molar-refractivity contribution is 0.0572. The summed E-state index contributed by atoms with van der Waals surface area (Å²) in [5, 5.41) is 0. The van der Waals surface area contributed by atoms with Crippen molar-refractivity contribution in [2.75, 3.05) is 40.5 Å².